The van der Waals surface area contributed by atoms with Gasteiger partial charge >= 0.3 is 0 Å². The number of hydrogen-bond acceptors (Lipinski definition) is 16. The summed E-state index contributed by atoms with van der Waals surface area (Å²) in [4.78, 5) is 52.4. The number of nitro benzene ring substituents is 4. The van der Waals surface area contributed by atoms with Gasteiger partial charge in [-0.3, -0.25) is 40.5 Å². The fourth-order valence-electron chi connectivity index (χ4n) is 5.45. The minimum atomic E-state index is -0.792. The average molecular weight is 804 g/mol. The normalized spacial score (nSPS) is 10.9. The van der Waals surface area contributed by atoms with Crippen LogP contribution in [0.1, 0.15) is 5.82 Å². The third-order valence-corrected chi connectivity index (χ3v) is 8.73. The lowest BCUT2D eigenvalue weighted by Gasteiger charge is -2.16. The molecule has 54 heavy (non-hydrogen) atoms. The topological polar surface area (TPSA) is 261 Å². The second-order valence-corrected chi connectivity index (χ2v) is 11.8. The van der Waals surface area contributed by atoms with Crippen LogP contribution in [0.2, 0.25) is 0 Å². The van der Waals surface area contributed by atoms with E-state index in [0.29, 0.717) is 28.2 Å². The van der Waals surface area contributed by atoms with E-state index in [0.717, 1.165) is 24.3 Å². The van der Waals surface area contributed by atoms with Gasteiger partial charge in [-0.05, 0) is 51.8 Å². The van der Waals surface area contributed by atoms with Crippen LogP contribution in [-0.4, -0.2) is 56.1 Å². The number of fused-ring (bicyclic) bond motifs is 1. The van der Waals surface area contributed by atoms with Crippen LogP contribution in [0.3, 0.4) is 0 Å². The predicted molar refractivity (Wildman–Crippen MR) is 191 cm³/mol. The van der Waals surface area contributed by atoms with Gasteiger partial charge in [0.05, 0.1) is 69.2 Å². The molecule has 0 fully saturated rings. The van der Waals surface area contributed by atoms with Crippen molar-refractivity contribution >= 4 is 49.6 Å². The number of nitrogens with zero attached hydrogens (tertiary/aromatic N) is 7. The molecule has 0 spiro atoms. The second-order valence-electron chi connectivity index (χ2n) is 11.0. The van der Waals surface area contributed by atoms with Crippen LogP contribution in [0.25, 0.3) is 44.7 Å². The summed E-state index contributed by atoms with van der Waals surface area (Å²) in [6.07, 6.45) is 0. The Hall–Kier alpha value is -7.29. The fourth-order valence-corrected chi connectivity index (χ4v) is 5.97. The van der Waals surface area contributed by atoms with Gasteiger partial charge in [0, 0.05) is 29.3 Å². The van der Waals surface area contributed by atoms with Crippen LogP contribution >= 0.6 is 15.9 Å². The first-order valence-electron chi connectivity index (χ1n) is 15.1. The van der Waals surface area contributed by atoms with Crippen molar-refractivity contribution in [2.24, 2.45) is 0 Å². The Morgan fingerprint density at radius 2 is 1.30 bits per heavy atom. The summed E-state index contributed by atoms with van der Waals surface area (Å²) >= 11 is 2.89. The maximum absolute atomic E-state index is 12.1. The number of halogens is 1. The van der Waals surface area contributed by atoms with Crippen molar-refractivity contribution in [3.05, 3.63) is 117 Å². The van der Waals surface area contributed by atoms with Gasteiger partial charge in [0.25, 0.3) is 28.6 Å². The van der Waals surface area contributed by atoms with Gasteiger partial charge in [-0.15, -0.1) is 0 Å². The van der Waals surface area contributed by atoms with Crippen molar-refractivity contribution in [3.63, 3.8) is 0 Å². The molecule has 0 atom stereocenters. The number of rotatable bonds is 13. The second kappa shape index (κ2) is 14.7. The summed E-state index contributed by atoms with van der Waals surface area (Å²) in [6, 6.07) is 15.3. The minimum absolute atomic E-state index is 0.00446. The number of methoxy groups -OCH3 is 3. The Morgan fingerprint density at radius 3 is 1.83 bits per heavy atom. The monoisotopic (exact) mass is 803 g/mol. The highest BCUT2D eigenvalue weighted by Gasteiger charge is 2.28. The molecule has 21 heteroatoms. The van der Waals surface area contributed by atoms with Gasteiger partial charge in [-0.2, -0.15) is 4.98 Å². The summed E-state index contributed by atoms with van der Waals surface area (Å²) in [5, 5.41) is 50.5. The van der Waals surface area contributed by atoms with Crippen molar-refractivity contribution in [2.75, 3.05) is 21.3 Å². The molecule has 0 N–H and O–H groups in total. The summed E-state index contributed by atoms with van der Waals surface area (Å²) in [5.41, 5.74) is -0.590. The van der Waals surface area contributed by atoms with E-state index in [1.807, 2.05) is 0 Å². The maximum atomic E-state index is 12.1. The maximum Gasteiger partial charge on any atom is 0.291 e. The van der Waals surface area contributed by atoms with Crippen molar-refractivity contribution in [1.82, 2.24) is 15.1 Å². The highest BCUT2D eigenvalue weighted by Crippen LogP contribution is 2.45. The molecule has 0 unspecified atom stereocenters. The molecule has 0 aliphatic heterocycles. The number of hydrogen-bond donors (Lipinski definition) is 0. The largest absolute Gasteiger partial charge is 0.493 e. The van der Waals surface area contributed by atoms with E-state index in [2.05, 4.69) is 31.1 Å². The van der Waals surface area contributed by atoms with E-state index in [1.54, 1.807) is 36.4 Å². The molecule has 2 aromatic heterocycles. The van der Waals surface area contributed by atoms with Gasteiger partial charge in [0.15, 0.2) is 22.6 Å². The third kappa shape index (κ3) is 6.97. The number of ether oxygens (including phenoxy) is 4. The standard InChI is InChI=1S/C33H22BrN7O13/c1-50-27-10-17(11-28(51-2)32(27)52-3)31-21(14-22-23(35-31)12-19(38(42)43)13-24(22)39(44)45)16-4-6-20(7-5-16)53-15-29-36-33(54-37-29)18-8-25(40(46)47)30(34)26(9-18)41(48)49/h4-14H,15H2,1-3H3. The Balaban J connectivity index is 1.37. The van der Waals surface area contributed by atoms with Crippen LogP contribution in [0.4, 0.5) is 22.7 Å². The van der Waals surface area contributed by atoms with Crippen LogP contribution in [0.15, 0.2) is 75.7 Å². The van der Waals surface area contributed by atoms with Gasteiger partial charge in [-0.1, -0.05) is 17.3 Å². The molecule has 0 amide bonds. The lowest BCUT2D eigenvalue weighted by Crippen LogP contribution is -2.00. The van der Waals surface area contributed by atoms with Gasteiger partial charge < -0.3 is 23.5 Å². The fraction of sp³-hybridized carbons (Fsp3) is 0.121. The first kappa shape index (κ1) is 36.5. The molecule has 2 heterocycles. The number of aromatic nitrogens is 3. The highest BCUT2D eigenvalue weighted by atomic mass is 79.9. The molecule has 4 aromatic carbocycles. The molecule has 0 aliphatic carbocycles. The van der Waals surface area contributed by atoms with Crippen molar-refractivity contribution in [2.45, 2.75) is 6.61 Å². The Kier molecular flexibility index (Phi) is 9.97. The lowest BCUT2D eigenvalue weighted by molar-refractivity contribution is -0.395. The average Bonchev–Trinajstić information content (AvgIpc) is 3.64. The van der Waals surface area contributed by atoms with Gasteiger partial charge in [0.1, 0.15) is 5.75 Å². The van der Waals surface area contributed by atoms with E-state index >= 15 is 0 Å². The summed E-state index contributed by atoms with van der Waals surface area (Å²) in [7, 11) is 4.29. The zero-order chi connectivity index (χ0) is 38.8. The number of benzene rings is 4. The first-order valence-corrected chi connectivity index (χ1v) is 15.9. The van der Waals surface area contributed by atoms with Crippen molar-refractivity contribution in [1.29, 1.82) is 0 Å². The smallest absolute Gasteiger partial charge is 0.291 e. The zero-order valence-corrected chi connectivity index (χ0v) is 29.5. The van der Waals surface area contributed by atoms with E-state index in [9.17, 15) is 40.5 Å². The van der Waals surface area contributed by atoms with Crippen LogP contribution in [0, 0.1) is 40.5 Å². The minimum Gasteiger partial charge on any atom is -0.493 e. The SMILES string of the molecule is COc1cc(-c2nc3cc([N+](=O)[O-])cc([N+](=O)[O-])c3cc2-c2ccc(OCc3noc(-c4cc([N+](=O)[O-])c(Br)c([N+](=O)[O-])c4)n3)cc2)cc(OC)c1OC. The quantitative estimate of drug-likeness (QED) is 0.0802. The molecule has 6 rings (SSSR count). The number of pyridine rings is 1. The summed E-state index contributed by atoms with van der Waals surface area (Å²) in [5.74, 6) is 0.999. The molecule has 0 aliphatic rings. The van der Waals surface area contributed by atoms with Gasteiger partial charge in [-0.25, -0.2) is 4.98 Å². The molecular formula is C33H22BrN7O13. The molecule has 0 radical (unpaired) electrons. The van der Waals surface area contributed by atoms with Crippen LogP contribution in [-0.2, 0) is 6.61 Å². The van der Waals surface area contributed by atoms with Gasteiger partial charge in [0.2, 0.25) is 11.6 Å². The Bertz CT molecular complexity index is 2450. The summed E-state index contributed by atoms with van der Waals surface area (Å²) in [6.45, 7) is -0.233. The third-order valence-electron chi connectivity index (χ3n) is 7.92. The number of nitro groups is 4. The predicted octanol–water partition coefficient (Wildman–Crippen LogP) is 7.62. The van der Waals surface area contributed by atoms with E-state index < -0.39 is 42.4 Å². The van der Waals surface area contributed by atoms with Crippen molar-refractivity contribution < 1.29 is 43.2 Å². The molecule has 20 nitrogen and oxygen atoms in total. The van der Waals surface area contributed by atoms with E-state index in [1.165, 1.54) is 27.4 Å². The van der Waals surface area contributed by atoms with Crippen LogP contribution in [0.5, 0.6) is 23.0 Å². The molecular weight excluding hydrogens is 782 g/mol. The molecule has 274 valence electrons. The molecule has 0 saturated heterocycles. The van der Waals surface area contributed by atoms with E-state index in [4.69, 9.17) is 23.5 Å². The Labute approximate surface area is 309 Å². The molecule has 0 bridgehead atoms. The lowest BCUT2D eigenvalue weighted by atomic mass is 9.96. The van der Waals surface area contributed by atoms with E-state index in [-0.39, 0.29) is 56.5 Å². The highest BCUT2D eigenvalue weighted by molar-refractivity contribution is 9.10. The molecule has 0 saturated carbocycles. The number of non-ortho nitro benzene ring substituents is 2. The van der Waals surface area contributed by atoms with Crippen LogP contribution < -0.4 is 18.9 Å². The van der Waals surface area contributed by atoms with Crippen molar-refractivity contribution in [3.8, 4) is 56.8 Å². The zero-order valence-electron chi connectivity index (χ0n) is 27.9. The summed E-state index contributed by atoms with van der Waals surface area (Å²) < 4.78 is 27.2. The molecule has 6 aromatic rings. The Morgan fingerprint density at radius 1 is 0.685 bits per heavy atom. The first-order chi connectivity index (χ1) is 25.8.